The van der Waals surface area contributed by atoms with E-state index in [1.54, 1.807) is 0 Å². The summed E-state index contributed by atoms with van der Waals surface area (Å²) in [6.45, 7) is 10.9. The van der Waals surface area contributed by atoms with Crippen LogP contribution < -0.4 is 0 Å². The highest BCUT2D eigenvalue weighted by molar-refractivity contribution is 7.80. The highest BCUT2D eigenvalue weighted by Crippen LogP contribution is 2.33. The molecule has 0 bridgehead atoms. The number of nitrogens with zero attached hydrogens (tertiary/aromatic N) is 1. The van der Waals surface area contributed by atoms with Gasteiger partial charge in [0.05, 0.1) is 0 Å². The van der Waals surface area contributed by atoms with Crippen LogP contribution >= 0.6 is 12.6 Å². The minimum atomic E-state index is 0.483. The van der Waals surface area contributed by atoms with E-state index in [1.807, 2.05) is 0 Å². The summed E-state index contributed by atoms with van der Waals surface area (Å²) in [6, 6.07) is 0. The third-order valence-corrected chi connectivity index (χ3v) is 4.63. The maximum absolute atomic E-state index is 4.64. The fraction of sp³-hybridized carbons (Fsp3) is 1.00. The normalized spacial score (nSPS) is 22.9. The second-order valence-electron chi connectivity index (χ2n) is 5.79. The molecule has 0 aromatic rings. The molecule has 1 heterocycles. The van der Waals surface area contributed by atoms with Gasteiger partial charge in [0.1, 0.15) is 0 Å². The van der Waals surface area contributed by atoms with Crippen LogP contribution in [0.2, 0.25) is 0 Å². The fourth-order valence-corrected chi connectivity index (χ4v) is 3.61. The Morgan fingerprint density at radius 2 is 1.88 bits per heavy atom. The Labute approximate surface area is 107 Å². The molecule has 16 heavy (non-hydrogen) atoms. The van der Waals surface area contributed by atoms with Gasteiger partial charge in [0.15, 0.2) is 0 Å². The van der Waals surface area contributed by atoms with Gasteiger partial charge in [-0.1, -0.05) is 33.6 Å². The number of hydrogen-bond donors (Lipinski definition) is 1. The maximum atomic E-state index is 4.64. The van der Waals surface area contributed by atoms with Crippen LogP contribution in [0.4, 0.5) is 0 Å². The Hall–Kier alpha value is 0.310. The lowest BCUT2D eigenvalue weighted by atomic mass is 9.80. The summed E-state index contributed by atoms with van der Waals surface area (Å²) < 4.78 is 0. The molecule has 2 heteroatoms. The van der Waals surface area contributed by atoms with Crippen molar-refractivity contribution in [1.29, 1.82) is 0 Å². The van der Waals surface area contributed by atoms with Crippen molar-refractivity contribution in [3.63, 3.8) is 0 Å². The van der Waals surface area contributed by atoms with Crippen LogP contribution in [-0.4, -0.2) is 30.3 Å². The van der Waals surface area contributed by atoms with Gasteiger partial charge in [-0.3, -0.25) is 0 Å². The Kier molecular flexibility index (Phi) is 6.20. The zero-order valence-corrected chi connectivity index (χ0v) is 12.2. The van der Waals surface area contributed by atoms with Gasteiger partial charge in [0.2, 0.25) is 0 Å². The Balaban J connectivity index is 2.54. The smallest absolute Gasteiger partial charge is 0.00459 e. The molecule has 1 fully saturated rings. The highest BCUT2D eigenvalue weighted by Gasteiger charge is 2.31. The van der Waals surface area contributed by atoms with Gasteiger partial charge in [-0.15, -0.1) is 0 Å². The maximum Gasteiger partial charge on any atom is 0.00459 e. The molecule has 1 aliphatic heterocycles. The van der Waals surface area contributed by atoms with E-state index in [0.717, 1.165) is 11.7 Å². The summed E-state index contributed by atoms with van der Waals surface area (Å²) in [5.74, 6) is 1.96. The molecular weight excluding hydrogens is 214 g/mol. The number of thiol groups is 1. The van der Waals surface area contributed by atoms with Crippen molar-refractivity contribution in [2.75, 3.05) is 25.4 Å². The fourth-order valence-electron chi connectivity index (χ4n) is 3.20. The van der Waals surface area contributed by atoms with E-state index in [0.29, 0.717) is 5.41 Å². The Morgan fingerprint density at radius 3 is 2.25 bits per heavy atom. The monoisotopic (exact) mass is 243 g/mol. The van der Waals surface area contributed by atoms with Gasteiger partial charge >= 0.3 is 0 Å². The molecule has 0 aromatic carbocycles. The molecule has 1 atom stereocenters. The van der Waals surface area contributed by atoms with Crippen molar-refractivity contribution in [3.05, 3.63) is 0 Å². The molecule has 96 valence electrons. The van der Waals surface area contributed by atoms with E-state index in [2.05, 4.69) is 38.3 Å². The third kappa shape index (κ3) is 3.96. The predicted molar refractivity (Wildman–Crippen MR) is 76.3 cm³/mol. The lowest BCUT2D eigenvalue weighted by Crippen LogP contribution is -2.38. The lowest BCUT2D eigenvalue weighted by Gasteiger charge is -2.36. The average molecular weight is 243 g/mol. The van der Waals surface area contributed by atoms with Crippen LogP contribution in [0.25, 0.3) is 0 Å². The van der Waals surface area contributed by atoms with Crippen LogP contribution in [-0.2, 0) is 0 Å². The largest absolute Gasteiger partial charge is 0.302 e. The van der Waals surface area contributed by atoms with E-state index in [-0.39, 0.29) is 0 Å². The van der Waals surface area contributed by atoms with Crippen molar-refractivity contribution in [1.82, 2.24) is 4.90 Å². The molecule has 0 aromatic heterocycles. The molecule has 0 saturated carbocycles. The molecule has 1 rings (SSSR count). The summed E-state index contributed by atoms with van der Waals surface area (Å²) in [6.07, 6.45) is 6.67. The number of rotatable bonds is 7. The van der Waals surface area contributed by atoms with Crippen LogP contribution in [0.15, 0.2) is 0 Å². The van der Waals surface area contributed by atoms with E-state index < -0.39 is 0 Å². The van der Waals surface area contributed by atoms with Crippen LogP contribution in [0.1, 0.15) is 52.9 Å². The quantitative estimate of drug-likeness (QED) is 0.665. The SMILES string of the molecule is CCCC(CS)(CCC)CN1CCC(C)C1. The van der Waals surface area contributed by atoms with Crippen LogP contribution in [0.3, 0.4) is 0 Å². The first-order valence-electron chi connectivity index (χ1n) is 6.99. The first-order valence-corrected chi connectivity index (χ1v) is 7.62. The van der Waals surface area contributed by atoms with Crippen molar-refractivity contribution in [2.45, 2.75) is 52.9 Å². The Morgan fingerprint density at radius 1 is 1.25 bits per heavy atom. The third-order valence-electron chi connectivity index (χ3n) is 3.96. The Bertz CT molecular complexity index is 187. The van der Waals surface area contributed by atoms with Crippen molar-refractivity contribution < 1.29 is 0 Å². The van der Waals surface area contributed by atoms with Gasteiger partial charge in [-0.2, -0.15) is 12.6 Å². The van der Waals surface area contributed by atoms with Crippen LogP contribution in [0.5, 0.6) is 0 Å². The zero-order valence-electron chi connectivity index (χ0n) is 11.3. The molecule has 0 amide bonds. The van der Waals surface area contributed by atoms with Gasteiger partial charge < -0.3 is 4.90 Å². The minimum Gasteiger partial charge on any atom is -0.302 e. The highest BCUT2D eigenvalue weighted by atomic mass is 32.1. The predicted octanol–water partition coefficient (Wildman–Crippen LogP) is 3.84. The number of likely N-dealkylation sites (tertiary alicyclic amines) is 1. The number of hydrogen-bond acceptors (Lipinski definition) is 2. The average Bonchev–Trinajstić information content (AvgIpc) is 2.64. The first kappa shape index (κ1) is 14.4. The molecule has 1 aliphatic rings. The molecular formula is C14H29NS. The zero-order chi connectivity index (χ0) is 12.0. The summed E-state index contributed by atoms with van der Waals surface area (Å²) in [7, 11) is 0. The molecule has 1 nitrogen and oxygen atoms in total. The molecule has 0 aliphatic carbocycles. The lowest BCUT2D eigenvalue weighted by molar-refractivity contribution is 0.166. The van der Waals surface area contributed by atoms with Crippen molar-refractivity contribution >= 4 is 12.6 Å². The van der Waals surface area contributed by atoms with E-state index in [4.69, 9.17) is 0 Å². The van der Waals surface area contributed by atoms with Crippen molar-refractivity contribution in [2.24, 2.45) is 11.3 Å². The topological polar surface area (TPSA) is 3.24 Å². The second-order valence-corrected chi connectivity index (χ2v) is 6.10. The van der Waals surface area contributed by atoms with Gasteiger partial charge in [-0.05, 0) is 42.9 Å². The minimum absolute atomic E-state index is 0.483. The molecule has 0 N–H and O–H groups in total. The van der Waals surface area contributed by atoms with E-state index in [9.17, 15) is 0 Å². The molecule has 1 saturated heterocycles. The van der Waals surface area contributed by atoms with Crippen molar-refractivity contribution in [3.8, 4) is 0 Å². The molecule has 0 radical (unpaired) electrons. The van der Waals surface area contributed by atoms with Gasteiger partial charge in [0.25, 0.3) is 0 Å². The standard InChI is InChI=1S/C14H29NS/c1-4-7-14(12-16,8-5-2)11-15-9-6-13(3)10-15/h13,16H,4-12H2,1-3H3. The second kappa shape index (κ2) is 6.90. The summed E-state index contributed by atoms with van der Waals surface area (Å²) in [4.78, 5) is 2.67. The summed E-state index contributed by atoms with van der Waals surface area (Å²) in [5, 5.41) is 0. The van der Waals surface area contributed by atoms with Crippen LogP contribution in [0, 0.1) is 11.3 Å². The molecule has 0 spiro atoms. The first-order chi connectivity index (χ1) is 7.65. The van der Waals surface area contributed by atoms with Gasteiger partial charge in [-0.25, -0.2) is 0 Å². The van der Waals surface area contributed by atoms with E-state index in [1.165, 1.54) is 51.7 Å². The van der Waals surface area contributed by atoms with E-state index >= 15 is 0 Å². The summed E-state index contributed by atoms with van der Waals surface area (Å²) >= 11 is 4.64. The molecule has 1 unspecified atom stereocenters. The summed E-state index contributed by atoms with van der Waals surface area (Å²) in [5.41, 5.74) is 0.483. The van der Waals surface area contributed by atoms with Gasteiger partial charge in [0, 0.05) is 13.1 Å².